The lowest BCUT2D eigenvalue weighted by atomic mass is 10.2. The minimum absolute atomic E-state index is 0.404. The number of hydrogen-bond donors (Lipinski definition) is 0. The van der Waals surface area contributed by atoms with E-state index in [1.807, 2.05) is 60.8 Å². The Labute approximate surface area is 210 Å². The topological polar surface area (TPSA) is 34.1 Å². The van der Waals surface area contributed by atoms with Gasteiger partial charge in [0.25, 0.3) is 0 Å². The zero-order valence-corrected chi connectivity index (χ0v) is 20.6. The van der Waals surface area contributed by atoms with E-state index in [0.717, 1.165) is 16.3 Å². The second-order valence-corrected chi connectivity index (χ2v) is 12.5. The van der Waals surface area contributed by atoms with Crippen molar-refractivity contribution in [1.29, 1.82) is 0 Å². The summed E-state index contributed by atoms with van der Waals surface area (Å²) in [6, 6.07) is 47.7. The fraction of sp³-hybridized carbons (Fsp3) is 0. The molecule has 4 heteroatoms. The van der Waals surface area contributed by atoms with E-state index < -0.39 is 13.8 Å². The van der Waals surface area contributed by atoms with Crippen LogP contribution in [0.25, 0.3) is 16.7 Å². The summed E-state index contributed by atoms with van der Waals surface area (Å²) in [5.41, 5.74) is 1.41. The molecular weight excluding hydrogens is 458 g/mol. The van der Waals surface area contributed by atoms with Gasteiger partial charge in [-0.25, -0.2) is 0 Å². The van der Waals surface area contributed by atoms with Gasteiger partial charge in [-0.1, -0.05) is 126 Å². The van der Waals surface area contributed by atoms with Crippen LogP contribution in [0, 0.1) is 0 Å². The molecule has 3 nitrogen and oxygen atoms in total. The number of rotatable bonds is 5. The van der Waals surface area contributed by atoms with Gasteiger partial charge in [0.1, 0.15) is 0 Å². The highest BCUT2D eigenvalue weighted by molar-refractivity contribution is 7.20. The number of para-hydroxylation sites is 2. The van der Waals surface area contributed by atoms with Gasteiger partial charge in [0.05, 0.1) is 5.39 Å². The molecule has 0 aliphatic heterocycles. The first-order valence-corrected chi connectivity index (χ1v) is 14.0. The van der Waals surface area contributed by atoms with Crippen LogP contribution in [-0.4, -0.2) is 8.07 Å². The van der Waals surface area contributed by atoms with Crippen LogP contribution in [0.4, 0.5) is 0 Å². The van der Waals surface area contributed by atoms with Crippen molar-refractivity contribution in [2.75, 3.05) is 0 Å². The lowest BCUT2D eigenvalue weighted by molar-refractivity contribution is -0.623. The molecule has 0 spiro atoms. The van der Waals surface area contributed by atoms with Crippen molar-refractivity contribution in [1.82, 2.24) is 0 Å². The van der Waals surface area contributed by atoms with Crippen molar-refractivity contribution in [3.8, 4) is 5.69 Å². The van der Waals surface area contributed by atoms with Crippen molar-refractivity contribution >= 4 is 39.8 Å². The third-order valence-corrected chi connectivity index (χ3v) is 11.6. The molecule has 0 unspecified atom stereocenters. The lowest BCUT2D eigenvalue weighted by Gasteiger charge is -2.34. The summed E-state index contributed by atoms with van der Waals surface area (Å²) in [4.78, 5) is 13.3. The molecule has 0 atom stereocenters. The number of aromatic nitrogens is 1. The second kappa shape index (κ2) is 9.25. The van der Waals surface area contributed by atoms with Crippen molar-refractivity contribution in [3.63, 3.8) is 0 Å². The molecule has 1 heterocycles. The van der Waals surface area contributed by atoms with Crippen LogP contribution in [0.15, 0.2) is 155 Å². The molecule has 172 valence electrons. The van der Waals surface area contributed by atoms with Crippen LogP contribution < -0.4 is 31.1 Å². The van der Waals surface area contributed by atoms with Crippen LogP contribution in [0.1, 0.15) is 0 Å². The molecule has 5 aromatic carbocycles. The first kappa shape index (κ1) is 22.0. The van der Waals surface area contributed by atoms with Crippen molar-refractivity contribution in [3.05, 3.63) is 156 Å². The summed E-state index contributed by atoms with van der Waals surface area (Å²) in [6.07, 6.45) is 1.89. The van der Waals surface area contributed by atoms with Crippen LogP contribution in [-0.2, 0) is 0 Å². The average Bonchev–Trinajstić information content (AvgIpc) is 2.96. The van der Waals surface area contributed by atoms with E-state index in [2.05, 4.69) is 84.9 Å². The van der Waals surface area contributed by atoms with E-state index in [4.69, 9.17) is 4.42 Å². The van der Waals surface area contributed by atoms with Gasteiger partial charge in [0, 0.05) is 12.1 Å². The van der Waals surface area contributed by atoms with E-state index in [9.17, 15) is 4.79 Å². The van der Waals surface area contributed by atoms with Gasteiger partial charge < -0.3 is 4.42 Å². The Bertz CT molecular complexity index is 1590. The first-order valence-electron chi connectivity index (χ1n) is 12.0. The zero-order valence-electron chi connectivity index (χ0n) is 19.6. The molecular formula is C32H24NO2Si+. The standard InChI is InChI=1S/C32H24NO2Si/c34-32-33(26-15-5-1-6-16-26)24-25-14-13-23-30(31(25)35-32)36(27-17-7-2-8-18-27,28-19-9-3-10-20-28)29-21-11-4-12-22-29/h1-24H/q+1. The molecule has 0 saturated carbocycles. The molecule has 6 rings (SSSR count). The fourth-order valence-electron chi connectivity index (χ4n) is 5.19. The molecule has 0 aliphatic rings. The van der Waals surface area contributed by atoms with E-state index in [-0.39, 0.29) is 0 Å². The van der Waals surface area contributed by atoms with Gasteiger partial charge in [-0.15, -0.1) is 0 Å². The minimum atomic E-state index is -2.83. The molecule has 0 aliphatic carbocycles. The molecule has 0 radical (unpaired) electrons. The van der Waals surface area contributed by atoms with Gasteiger partial charge in [0.2, 0.25) is 5.69 Å². The maximum atomic E-state index is 13.3. The number of fused-ring (bicyclic) bond motifs is 1. The Balaban J connectivity index is 1.74. The molecule has 0 amide bonds. The smallest absolute Gasteiger partial charge is 0.371 e. The van der Waals surface area contributed by atoms with Crippen LogP contribution in [0.5, 0.6) is 0 Å². The van der Waals surface area contributed by atoms with Crippen LogP contribution in [0.3, 0.4) is 0 Å². The first-order chi connectivity index (χ1) is 17.8. The van der Waals surface area contributed by atoms with Crippen molar-refractivity contribution < 1.29 is 8.98 Å². The zero-order chi connectivity index (χ0) is 24.4. The largest absolute Gasteiger partial charge is 0.608 e. The Kier molecular flexibility index (Phi) is 5.64. The molecule has 0 fully saturated rings. The quantitative estimate of drug-likeness (QED) is 0.214. The van der Waals surface area contributed by atoms with Gasteiger partial charge in [0.15, 0.2) is 19.9 Å². The molecule has 1 aromatic heterocycles. The minimum Gasteiger partial charge on any atom is -0.371 e. The van der Waals surface area contributed by atoms with E-state index in [0.29, 0.717) is 5.58 Å². The van der Waals surface area contributed by atoms with E-state index in [1.54, 1.807) is 4.57 Å². The Hall–Kier alpha value is -4.54. The van der Waals surface area contributed by atoms with Gasteiger partial charge in [-0.05, 0) is 26.8 Å². The number of benzene rings is 5. The SMILES string of the molecule is O=c1oc2c([Si](c3ccccc3)(c3ccccc3)c3ccccc3)cccc2c[n+]1-c1ccccc1. The number of nitrogens with zero attached hydrogens (tertiary/aromatic N) is 1. The monoisotopic (exact) mass is 482 g/mol. The van der Waals surface area contributed by atoms with Gasteiger partial charge in [-0.2, -0.15) is 4.79 Å². The Morgan fingerprint density at radius 1 is 0.528 bits per heavy atom. The molecule has 36 heavy (non-hydrogen) atoms. The highest BCUT2D eigenvalue weighted by Gasteiger charge is 2.43. The van der Waals surface area contributed by atoms with E-state index in [1.165, 1.54) is 15.6 Å². The van der Waals surface area contributed by atoms with Gasteiger partial charge >= 0.3 is 5.76 Å². The summed E-state index contributed by atoms with van der Waals surface area (Å²) < 4.78 is 7.76. The molecule has 0 bridgehead atoms. The second-order valence-electron chi connectivity index (χ2n) is 8.77. The van der Waals surface area contributed by atoms with Crippen LogP contribution in [0.2, 0.25) is 0 Å². The summed E-state index contributed by atoms with van der Waals surface area (Å²) in [5, 5.41) is 5.64. The summed E-state index contributed by atoms with van der Waals surface area (Å²) in [6.45, 7) is 0. The van der Waals surface area contributed by atoms with Crippen LogP contribution >= 0.6 is 0 Å². The Morgan fingerprint density at radius 2 is 1.00 bits per heavy atom. The molecule has 6 aromatic rings. The van der Waals surface area contributed by atoms with E-state index >= 15 is 0 Å². The highest BCUT2D eigenvalue weighted by Crippen LogP contribution is 2.16. The molecule has 0 saturated heterocycles. The normalized spacial score (nSPS) is 11.4. The average molecular weight is 483 g/mol. The fourth-order valence-corrected chi connectivity index (χ4v) is 10.1. The summed E-state index contributed by atoms with van der Waals surface area (Å²) in [7, 11) is -2.83. The maximum absolute atomic E-state index is 13.3. The lowest BCUT2D eigenvalue weighted by Crippen LogP contribution is -2.75. The predicted molar refractivity (Wildman–Crippen MR) is 148 cm³/mol. The predicted octanol–water partition coefficient (Wildman–Crippen LogP) is 3.45. The van der Waals surface area contributed by atoms with Gasteiger partial charge in [-0.3, -0.25) is 0 Å². The number of hydrogen-bond acceptors (Lipinski definition) is 2. The third kappa shape index (κ3) is 3.60. The summed E-state index contributed by atoms with van der Waals surface area (Å²) in [5.74, 6) is -0.404. The Morgan fingerprint density at radius 3 is 1.50 bits per heavy atom. The maximum Gasteiger partial charge on any atom is 0.608 e. The van der Waals surface area contributed by atoms with Crippen molar-refractivity contribution in [2.24, 2.45) is 0 Å². The highest BCUT2D eigenvalue weighted by atomic mass is 28.3. The third-order valence-electron chi connectivity index (χ3n) is 6.76. The summed E-state index contributed by atoms with van der Waals surface area (Å²) >= 11 is 0. The van der Waals surface area contributed by atoms with Crippen molar-refractivity contribution in [2.45, 2.75) is 0 Å². The molecule has 0 N–H and O–H groups in total.